The van der Waals surface area contributed by atoms with Gasteiger partial charge in [-0.2, -0.15) is 26.3 Å². The summed E-state index contributed by atoms with van der Waals surface area (Å²) in [5, 5.41) is 0. The monoisotopic (exact) mass is 260 g/mol. The summed E-state index contributed by atoms with van der Waals surface area (Å²) >= 11 is 0. The molecular formula is C3HF6Li2O4P. The summed E-state index contributed by atoms with van der Waals surface area (Å²) in [6.45, 7) is 0. The summed E-state index contributed by atoms with van der Waals surface area (Å²) in [6.07, 6.45) is -16.6. The number of halogens is 6. The Bertz CT molecular complexity index is 233. The van der Waals surface area contributed by atoms with E-state index in [4.69, 9.17) is 0 Å². The van der Waals surface area contributed by atoms with Gasteiger partial charge in [0.05, 0.1) is 7.82 Å². The molecule has 16 heavy (non-hydrogen) atoms. The van der Waals surface area contributed by atoms with Gasteiger partial charge in [-0.15, -0.1) is 0 Å². The second kappa shape index (κ2) is 6.72. The Morgan fingerprint density at radius 2 is 1.19 bits per heavy atom. The van der Waals surface area contributed by atoms with Gasteiger partial charge in [-0.1, -0.05) is 0 Å². The Morgan fingerprint density at radius 3 is 1.25 bits per heavy atom. The SMILES string of the molecule is O=P([O-])([O-])OC(C(F)(F)F)C(F)(F)F.[Li+].[Li+]. The Labute approximate surface area is 109 Å². The van der Waals surface area contributed by atoms with Crippen molar-refractivity contribution in [3.63, 3.8) is 0 Å². The van der Waals surface area contributed by atoms with Gasteiger partial charge in [-0.05, 0) is 0 Å². The van der Waals surface area contributed by atoms with E-state index >= 15 is 0 Å². The Kier molecular flexibility index (Phi) is 9.28. The topological polar surface area (TPSA) is 72.4 Å². The Hall–Kier alpha value is 0.885. The van der Waals surface area contributed by atoms with E-state index < -0.39 is 26.3 Å². The molecule has 0 rings (SSSR count). The number of phosphoric acid groups is 1. The average Bonchev–Trinajstić information content (AvgIpc) is 1.75. The van der Waals surface area contributed by atoms with E-state index in [0.717, 1.165) is 0 Å². The van der Waals surface area contributed by atoms with Gasteiger partial charge in [0.15, 0.2) is 0 Å². The molecule has 0 radical (unpaired) electrons. The molecule has 0 heterocycles. The largest absolute Gasteiger partial charge is 1.00 e. The zero-order chi connectivity index (χ0) is 11.8. The van der Waals surface area contributed by atoms with Crippen LogP contribution in [-0.2, 0) is 9.09 Å². The number of rotatable bonds is 2. The molecule has 0 aromatic carbocycles. The molecule has 86 valence electrons. The maximum Gasteiger partial charge on any atom is 1.00 e. The summed E-state index contributed by atoms with van der Waals surface area (Å²) in [5.74, 6) is 0. The molecule has 0 aliphatic heterocycles. The first-order chi connectivity index (χ1) is 5.84. The first-order valence-electron chi connectivity index (χ1n) is 2.68. The third kappa shape index (κ3) is 8.97. The first kappa shape index (κ1) is 22.1. The third-order valence-electron chi connectivity index (χ3n) is 0.829. The minimum absolute atomic E-state index is 0. The quantitative estimate of drug-likeness (QED) is 0.282. The second-order valence-corrected chi connectivity index (χ2v) is 3.12. The normalized spacial score (nSPS) is 13.1. The zero-order valence-corrected chi connectivity index (χ0v) is 8.82. The van der Waals surface area contributed by atoms with Crippen LogP contribution in [0.4, 0.5) is 26.3 Å². The standard InChI is InChI=1S/C3H3F6O4P.2Li/c4-2(5,6)1(3(7,8)9)13-14(10,11)12;;/h1H,(H2,10,11,12);;/q;2*+1/p-2. The van der Waals surface area contributed by atoms with E-state index in [1.54, 1.807) is 0 Å². The molecule has 0 unspecified atom stereocenters. The molecule has 0 aromatic rings. The molecule has 0 aliphatic rings. The smallest absolute Gasteiger partial charge is 0.790 e. The van der Waals surface area contributed by atoms with Crippen LogP contribution in [0.15, 0.2) is 0 Å². The Balaban J connectivity index is -0.000000845. The minimum Gasteiger partial charge on any atom is -0.790 e. The number of hydrogen-bond acceptors (Lipinski definition) is 4. The van der Waals surface area contributed by atoms with Crippen LogP contribution >= 0.6 is 7.82 Å². The van der Waals surface area contributed by atoms with Gasteiger partial charge in [0.1, 0.15) is 0 Å². The summed E-state index contributed by atoms with van der Waals surface area (Å²) in [6, 6.07) is 0. The summed E-state index contributed by atoms with van der Waals surface area (Å²) in [4.78, 5) is 19.2. The van der Waals surface area contributed by atoms with Crippen molar-refractivity contribution < 1.29 is 82.9 Å². The summed E-state index contributed by atoms with van der Waals surface area (Å²) < 4.78 is 81.0. The summed E-state index contributed by atoms with van der Waals surface area (Å²) in [5.41, 5.74) is 0. The molecular weight excluding hydrogens is 259 g/mol. The van der Waals surface area contributed by atoms with E-state index in [9.17, 15) is 40.7 Å². The van der Waals surface area contributed by atoms with E-state index in [1.165, 1.54) is 0 Å². The predicted molar refractivity (Wildman–Crippen MR) is 24.6 cm³/mol. The van der Waals surface area contributed by atoms with Crippen molar-refractivity contribution >= 4 is 7.82 Å². The van der Waals surface area contributed by atoms with E-state index in [2.05, 4.69) is 4.52 Å². The van der Waals surface area contributed by atoms with Gasteiger partial charge in [-0.3, -0.25) is 0 Å². The van der Waals surface area contributed by atoms with Gasteiger partial charge in [0.2, 0.25) is 0 Å². The molecule has 0 atom stereocenters. The Morgan fingerprint density at radius 1 is 0.938 bits per heavy atom. The van der Waals surface area contributed by atoms with Crippen LogP contribution in [0.2, 0.25) is 0 Å². The van der Waals surface area contributed by atoms with Crippen LogP contribution in [-0.4, -0.2) is 18.5 Å². The fraction of sp³-hybridized carbons (Fsp3) is 1.00. The van der Waals surface area contributed by atoms with Crippen molar-refractivity contribution in [2.45, 2.75) is 18.5 Å². The van der Waals surface area contributed by atoms with Gasteiger partial charge < -0.3 is 18.9 Å². The molecule has 0 aromatic heterocycles. The molecule has 0 N–H and O–H groups in total. The molecule has 0 spiro atoms. The maximum atomic E-state index is 11.5. The second-order valence-electron chi connectivity index (χ2n) is 2.02. The van der Waals surface area contributed by atoms with Crippen LogP contribution in [0.1, 0.15) is 0 Å². The van der Waals surface area contributed by atoms with Gasteiger partial charge in [0.25, 0.3) is 6.10 Å². The van der Waals surface area contributed by atoms with Crippen LogP contribution in [0.5, 0.6) is 0 Å². The van der Waals surface area contributed by atoms with Gasteiger partial charge >= 0.3 is 50.1 Å². The van der Waals surface area contributed by atoms with Crippen LogP contribution in [0.3, 0.4) is 0 Å². The zero-order valence-electron chi connectivity index (χ0n) is 7.93. The fourth-order valence-electron chi connectivity index (χ4n) is 0.434. The van der Waals surface area contributed by atoms with E-state index in [1.807, 2.05) is 0 Å². The fourth-order valence-corrected chi connectivity index (χ4v) is 0.931. The minimum atomic E-state index is -6.35. The molecule has 0 aliphatic carbocycles. The van der Waals surface area contributed by atoms with Crippen molar-refractivity contribution in [3.8, 4) is 0 Å². The van der Waals surface area contributed by atoms with E-state index in [0.29, 0.717) is 0 Å². The maximum absolute atomic E-state index is 11.5. The predicted octanol–water partition coefficient (Wildman–Crippen LogP) is -5.67. The van der Waals surface area contributed by atoms with Crippen LogP contribution in [0.25, 0.3) is 0 Å². The van der Waals surface area contributed by atoms with E-state index in [-0.39, 0.29) is 37.7 Å². The average molecular weight is 260 g/mol. The number of hydrogen-bond donors (Lipinski definition) is 0. The molecule has 4 nitrogen and oxygen atoms in total. The van der Waals surface area contributed by atoms with Crippen LogP contribution in [0, 0.1) is 0 Å². The van der Waals surface area contributed by atoms with Gasteiger partial charge in [-0.25, -0.2) is 0 Å². The molecule has 0 saturated heterocycles. The van der Waals surface area contributed by atoms with Crippen molar-refractivity contribution in [1.82, 2.24) is 0 Å². The van der Waals surface area contributed by atoms with Crippen LogP contribution < -0.4 is 47.5 Å². The molecule has 0 bridgehead atoms. The third-order valence-corrected chi connectivity index (χ3v) is 1.30. The molecule has 0 fully saturated rings. The number of alkyl halides is 6. The van der Waals surface area contributed by atoms with Crippen molar-refractivity contribution in [1.29, 1.82) is 0 Å². The first-order valence-corrected chi connectivity index (χ1v) is 4.14. The molecule has 0 amide bonds. The number of phosphoric ester groups is 1. The van der Waals surface area contributed by atoms with Crippen molar-refractivity contribution in [2.75, 3.05) is 0 Å². The van der Waals surface area contributed by atoms with Crippen molar-refractivity contribution in [3.05, 3.63) is 0 Å². The van der Waals surface area contributed by atoms with Crippen molar-refractivity contribution in [2.24, 2.45) is 0 Å². The summed E-state index contributed by atoms with van der Waals surface area (Å²) in [7, 11) is -6.35. The molecule has 0 saturated carbocycles. The molecule has 13 heteroatoms. The van der Waals surface area contributed by atoms with Gasteiger partial charge in [0, 0.05) is 0 Å².